The second-order valence-corrected chi connectivity index (χ2v) is 4.93. The molecule has 0 atom stereocenters. The molecule has 6 heteroatoms. The molecular formula is C17H18N2O4. The minimum Gasteiger partial charge on any atom is -0.496 e. The number of hydrogen-bond acceptors (Lipinski definition) is 6. The molecule has 6 nitrogen and oxygen atoms in total. The molecule has 1 aliphatic rings. The van der Waals surface area contributed by atoms with E-state index in [0.717, 1.165) is 23.1 Å². The van der Waals surface area contributed by atoms with Gasteiger partial charge in [-0.05, 0) is 23.6 Å². The monoisotopic (exact) mass is 314 g/mol. The molecule has 0 unspecified atom stereocenters. The molecule has 23 heavy (non-hydrogen) atoms. The first kappa shape index (κ1) is 15.1. The maximum atomic E-state index is 5.87. The number of aromatic nitrogens is 2. The van der Waals surface area contributed by atoms with E-state index in [0.29, 0.717) is 24.1 Å². The van der Waals surface area contributed by atoms with Crippen LogP contribution in [0, 0.1) is 0 Å². The minimum absolute atomic E-state index is 0.169. The zero-order chi connectivity index (χ0) is 16.2. The van der Waals surface area contributed by atoms with Crippen LogP contribution in [0.4, 0.5) is 0 Å². The van der Waals surface area contributed by atoms with E-state index in [9.17, 15) is 0 Å². The fourth-order valence-corrected chi connectivity index (χ4v) is 2.41. The number of fused-ring (bicyclic) bond motifs is 1. The van der Waals surface area contributed by atoms with E-state index in [4.69, 9.17) is 18.9 Å². The lowest BCUT2D eigenvalue weighted by Crippen LogP contribution is -2.05. The highest BCUT2D eigenvalue weighted by atomic mass is 16.5. The first-order chi connectivity index (χ1) is 11.2. The van der Waals surface area contributed by atoms with Gasteiger partial charge in [-0.3, -0.25) is 0 Å². The van der Waals surface area contributed by atoms with Crippen molar-refractivity contribution in [2.75, 3.05) is 14.2 Å². The van der Waals surface area contributed by atoms with Crippen LogP contribution in [0.5, 0.6) is 23.5 Å². The Morgan fingerprint density at radius 2 is 1.87 bits per heavy atom. The first-order valence-electron chi connectivity index (χ1n) is 7.33. The van der Waals surface area contributed by atoms with Gasteiger partial charge < -0.3 is 18.9 Å². The third kappa shape index (κ3) is 3.06. The first-order valence-corrected chi connectivity index (χ1v) is 7.33. The topological polar surface area (TPSA) is 62.7 Å². The lowest BCUT2D eigenvalue weighted by atomic mass is 9.97. The summed E-state index contributed by atoms with van der Waals surface area (Å²) in [5.41, 5.74) is 3.25. The van der Waals surface area contributed by atoms with Crippen molar-refractivity contribution in [1.82, 2.24) is 9.97 Å². The van der Waals surface area contributed by atoms with Gasteiger partial charge >= 0.3 is 6.01 Å². The number of hydrogen-bond donors (Lipinski definition) is 0. The fraction of sp³-hybridized carbons (Fsp3) is 0.294. The molecule has 120 valence electrons. The van der Waals surface area contributed by atoms with Crippen LogP contribution >= 0.6 is 0 Å². The maximum Gasteiger partial charge on any atom is 0.328 e. The van der Waals surface area contributed by atoms with Crippen LogP contribution in [0.1, 0.15) is 24.5 Å². The zero-order valence-corrected chi connectivity index (χ0v) is 13.3. The predicted octanol–water partition coefficient (Wildman–Crippen LogP) is 3.57. The van der Waals surface area contributed by atoms with Crippen LogP contribution in [0.15, 0.2) is 30.5 Å². The quantitative estimate of drug-likeness (QED) is 0.841. The maximum absolute atomic E-state index is 5.87. The molecule has 0 bridgehead atoms. The Kier molecular flexibility index (Phi) is 4.32. The van der Waals surface area contributed by atoms with Crippen LogP contribution in [0.25, 0.3) is 5.57 Å². The molecule has 0 radical (unpaired) electrons. The van der Waals surface area contributed by atoms with Crippen molar-refractivity contribution in [3.63, 3.8) is 0 Å². The lowest BCUT2D eigenvalue weighted by Gasteiger charge is -2.20. The highest BCUT2D eigenvalue weighted by Crippen LogP contribution is 2.35. The van der Waals surface area contributed by atoms with Crippen LogP contribution in [0.3, 0.4) is 0 Å². The average Bonchev–Trinajstić information content (AvgIpc) is 2.61. The smallest absolute Gasteiger partial charge is 0.328 e. The summed E-state index contributed by atoms with van der Waals surface area (Å²) >= 11 is 0. The summed E-state index contributed by atoms with van der Waals surface area (Å²) in [6, 6.07) is 7.64. The van der Waals surface area contributed by atoms with E-state index in [1.165, 1.54) is 14.2 Å². The minimum atomic E-state index is 0.169. The number of rotatable bonds is 5. The summed E-state index contributed by atoms with van der Waals surface area (Å²) in [5, 5.41) is 0. The van der Waals surface area contributed by atoms with Crippen molar-refractivity contribution < 1.29 is 18.9 Å². The number of ether oxygens (including phenoxy) is 4. The molecule has 1 aromatic carbocycles. The summed E-state index contributed by atoms with van der Waals surface area (Å²) in [6.07, 6.45) is 2.69. The van der Waals surface area contributed by atoms with E-state index < -0.39 is 0 Å². The Morgan fingerprint density at radius 1 is 1.13 bits per heavy atom. The van der Waals surface area contributed by atoms with Crippen molar-refractivity contribution >= 4 is 5.57 Å². The van der Waals surface area contributed by atoms with Gasteiger partial charge in [-0.1, -0.05) is 19.1 Å². The van der Waals surface area contributed by atoms with E-state index in [2.05, 4.69) is 23.0 Å². The molecule has 0 N–H and O–H groups in total. The van der Waals surface area contributed by atoms with Crippen molar-refractivity contribution in [3.8, 4) is 23.5 Å². The second-order valence-electron chi connectivity index (χ2n) is 4.93. The van der Waals surface area contributed by atoms with Crippen molar-refractivity contribution in [1.29, 1.82) is 0 Å². The lowest BCUT2D eigenvalue weighted by molar-refractivity contribution is 0.227. The summed E-state index contributed by atoms with van der Waals surface area (Å²) in [4.78, 5) is 8.38. The number of nitrogens with zero attached hydrogens (tertiary/aromatic N) is 2. The van der Waals surface area contributed by atoms with Crippen LogP contribution in [-0.2, 0) is 11.3 Å². The van der Waals surface area contributed by atoms with Gasteiger partial charge in [0.25, 0.3) is 0 Å². The van der Waals surface area contributed by atoms with E-state index in [1.54, 1.807) is 12.3 Å². The summed E-state index contributed by atoms with van der Waals surface area (Å²) in [5.74, 6) is 1.42. The standard InChI is InChI=1S/C17H18N2O4/c1-4-11-9-22-10-13-12(11)6-5-7-14(13)23-17-18-15(20-2)8-16(19-17)21-3/h5-9H,4,10H2,1-3H3. The van der Waals surface area contributed by atoms with E-state index in [1.807, 2.05) is 12.1 Å². The van der Waals surface area contributed by atoms with E-state index in [-0.39, 0.29) is 6.01 Å². The van der Waals surface area contributed by atoms with E-state index >= 15 is 0 Å². The molecule has 0 aliphatic carbocycles. The predicted molar refractivity (Wildman–Crippen MR) is 84.7 cm³/mol. The third-order valence-electron chi connectivity index (χ3n) is 3.59. The Labute approximate surface area is 134 Å². The highest BCUT2D eigenvalue weighted by molar-refractivity contribution is 5.70. The summed E-state index contributed by atoms with van der Waals surface area (Å²) in [7, 11) is 3.06. The van der Waals surface area contributed by atoms with Gasteiger partial charge in [0.1, 0.15) is 12.4 Å². The molecule has 0 saturated carbocycles. The molecule has 3 rings (SSSR count). The molecule has 2 heterocycles. The van der Waals surface area contributed by atoms with Crippen molar-refractivity contribution in [2.24, 2.45) is 0 Å². The van der Waals surface area contributed by atoms with Gasteiger partial charge in [-0.15, -0.1) is 0 Å². The Hall–Kier alpha value is -2.76. The molecular weight excluding hydrogens is 296 g/mol. The Balaban J connectivity index is 1.97. The van der Waals surface area contributed by atoms with Gasteiger partial charge in [0.15, 0.2) is 0 Å². The molecule has 2 aromatic rings. The van der Waals surface area contributed by atoms with Crippen molar-refractivity contribution in [2.45, 2.75) is 20.0 Å². The molecule has 0 saturated heterocycles. The van der Waals surface area contributed by atoms with Gasteiger partial charge in [0, 0.05) is 5.56 Å². The third-order valence-corrected chi connectivity index (χ3v) is 3.59. The van der Waals surface area contributed by atoms with Crippen LogP contribution < -0.4 is 14.2 Å². The van der Waals surface area contributed by atoms with Gasteiger partial charge in [-0.2, -0.15) is 9.97 Å². The SMILES string of the molecule is CCC1=COCc2c(Oc3nc(OC)cc(OC)n3)cccc21. The highest BCUT2D eigenvalue weighted by Gasteiger charge is 2.18. The number of methoxy groups -OCH3 is 2. The Bertz CT molecular complexity index is 721. The van der Waals surface area contributed by atoms with Gasteiger partial charge in [-0.25, -0.2) is 0 Å². The van der Waals surface area contributed by atoms with Gasteiger partial charge in [0.2, 0.25) is 11.8 Å². The Morgan fingerprint density at radius 3 is 2.52 bits per heavy atom. The molecule has 1 aliphatic heterocycles. The van der Waals surface area contributed by atoms with Crippen LogP contribution in [-0.4, -0.2) is 24.2 Å². The second kappa shape index (κ2) is 6.56. The molecule has 1 aromatic heterocycles. The normalized spacial score (nSPS) is 12.7. The summed E-state index contributed by atoms with van der Waals surface area (Å²) in [6.45, 7) is 2.55. The van der Waals surface area contributed by atoms with Crippen LogP contribution in [0.2, 0.25) is 0 Å². The number of allylic oxidation sites excluding steroid dienone is 1. The average molecular weight is 314 g/mol. The van der Waals surface area contributed by atoms with Gasteiger partial charge in [0.05, 0.1) is 26.5 Å². The molecule has 0 fully saturated rings. The largest absolute Gasteiger partial charge is 0.496 e. The molecule has 0 spiro atoms. The number of benzene rings is 1. The summed E-state index contributed by atoms with van der Waals surface area (Å²) < 4.78 is 21.7. The zero-order valence-electron chi connectivity index (χ0n) is 13.3. The molecule has 0 amide bonds. The van der Waals surface area contributed by atoms with Crippen molar-refractivity contribution in [3.05, 3.63) is 41.7 Å². The fourth-order valence-electron chi connectivity index (χ4n) is 2.41.